The van der Waals surface area contributed by atoms with Gasteiger partial charge in [0, 0.05) is 44.3 Å². The number of halogens is 4. The molecule has 2 aliphatic heterocycles. The summed E-state index contributed by atoms with van der Waals surface area (Å²) in [5, 5.41) is 2.30. The highest BCUT2D eigenvalue weighted by molar-refractivity contribution is 6.30. The van der Waals surface area contributed by atoms with Crippen molar-refractivity contribution in [1.29, 1.82) is 0 Å². The monoisotopic (exact) mass is 448 g/mol. The van der Waals surface area contributed by atoms with Crippen molar-refractivity contribution in [1.82, 2.24) is 14.7 Å². The number of rotatable bonds is 3. The molecule has 2 heterocycles. The zero-order chi connectivity index (χ0) is 21.9. The van der Waals surface area contributed by atoms with Crippen LogP contribution in [0.15, 0.2) is 18.2 Å². The molecule has 1 aromatic carbocycles. The number of carbonyl (C=O) groups is 2. The van der Waals surface area contributed by atoms with Gasteiger partial charge in [-0.3, -0.25) is 9.69 Å². The first kappa shape index (κ1) is 22.6. The molecule has 0 aromatic heterocycles. The molecule has 0 radical (unpaired) electrons. The van der Waals surface area contributed by atoms with Crippen molar-refractivity contribution in [3.8, 4) is 0 Å². The molecule has 3 amide bonds. The SMILES string of the molecule is C[C@H](C(=O)Nc1ccc(Cl)cc1C(F)(F)F)N1CCN(C(=O)N2CCOCC2)CC1. The molecule has 0 saturated carbocycles. The summed E-state index contributed by atoms with van der Waals surface area (Å²) in [5.41, 5.74) is -1.32. The first-order valence-corrected chi connectivity index (χ1v) is 10.1. The average molecular weight is 449 g/mol. The molecule has 1 N–H and O–H groups in total. The standard InChI is InChI=1S/C19H24ClF3N4O3/c1-13(17(28)24-16-3-2-14(20)12-15(16)19(21,22)23)25-4-6-26(7-5-25)18(29)27-8-10-30-11-9-27/h2-3,12-13H,4-11H2,1H3,(H,24,28)/t13-/m1/s1. The number of nitrogens with zero attached hydrogens (tertiary/aromatic N) is 3. The number of morpholine rings is 1. The minimum absolute atomic E-state index is 0.0500. The molecule has 1 aromatic rings. The van der Waals surface area contributed by atoms with Crippen LogP contribution < -0.4 is 5.32 Å². The third kappa shape index (κ3) is 5.35. The summed E-state index contributed by atoms with van der Waals surface area (Å²) in [6.45, 7) is 5.60. The van der Waals surface area contributed by atoms with E-state index in [9.17, 15) is 22.8 Å². The van der Waals surface area contributed by atoms with Crippen molar-refractivity contribution in [3.05, 3.63) is 28.8 Å². The van der Waals surface area contributed by atoms with Crippen LogP contribution in [-0.2, 0) is 15.7 Å². The van der Waals surface area contributed by atoms with Crippen molar-refractivity contribution in [2.24, 2.45) is 0 Å². The summed E-state index contributed by atoms with van der Waals surface area (Å²) in [4.78, 5) is 30.5. The Kier molecular flexibility index (Phi) is 7.10. The Labute approximate surface area is 177 Å². The van der Waals surface area contributed by atoms with Gasteiger partial charge in [0.05, 0.1) is 30.5 Å². The van der Waals surface area contributed by atoms with Gasteiger partial charge in [-0.1, -0.05) is 11.6 Å². The van der Waals surface area contributed by atoms with Gasteiger partial charge in [0.1, 0.15) is 0 Å². The van der Waals surface area contributed by atoms with Crippen molar-refractivity contribution < 1.29 is 27.5 Å². The van der Waals surface area contributed by atoms with Crippen molar-refractivity contribution >= 4 is 29.2 Å². The summed E-state index contributed by atoms with van der Waals surface area (Å²) in [6, 6.07) is 2.54. The number of nitrogens with one attached hydrogen (secondary N) is 1. The zero-order valence-corrected chi connectivity index (χ0v) is 17.3. The second-order valence-electron chi connectivity index (χ2n) is 7.26. The number of ether oxygens (including phenoxy) is 1. The first-order chi connectivity index (χ1) is 14.2. The number of urea groups is 1. The van der Waals surface area contributed by atoms with E-state index in [0.29, 0.717) is 52.5 Å². The molecule has 11 heteroatoms. The number of hydrogen-bond acceptors (Lipinski definition) is 4. The van der Waals surface area contributed by atoms with E-state index in [1.807, 2.05) is 4.90 Å². The van der Waals surface area contributed by atoms with E-state index in [4.69, 9.17) is 16.3 Å². The van der Waals surface area contributed by atoms with Gasteiger partial charge in [-0.2, -0.15) is 13.2 Å². The molecule has 166 valence electrons. The Morgan fingerprint density at radius 2 is 1.67 bits per heavy atom. The summed E-state index contributed by atoms with van der Waals surface area (Å²) < 4.78 is 45.0. The maximum absolute atomic E-state index is 13.2. The van der Waals surface area contributed by atoms with Crippen LogP contribution in [0.1, 0.15) is 12.5 Å². The van der Waals surface area contributed by atoms with Crippen LogP contribution >= 0.6 is 11.6 Å². The minimum Gasteiger partial charge on any atom is -0.378 e. The Morgan fingerprint density at radius 1 is 1.07 bits per heavy atom. The van der Waals surface area contributed by atoms with Crippen LogP contribution in [0, 0.1) is 0 Å². The van der Waals surface area contributed by atoms with Gasteiger partial charge in [0.25, 0.3) is 0 Å². The van der Waals surface area contributed by atoms with E-state index in [1.165, 1.54) is 6.07 Å². The average Bonchev–Trinajstić information content (AvgIpc) is 2.74. The predicted molar refractivity (Wildman–Crippen MR) is 105 cm³/mol. The molecule has 0 unspecified atom stereocenters. The fourth-order valence-electron chi connectivity index (χ4n) is 3.52. The maximum Gasteiger partial charge on any atom is 0.418 e. The lowest BCUT2D eigenvalue weighted by molar-refractivity contribution is -0.137. The van der Waals surface area contributed by atoms with Crippen molar-refractivity contribution in [2.75, 3.05) is 57.8 Å². The van der Waals surface area contributed by atoms with Gasteiger partial charge < -0.3 is 19.9 Å². The quantitative estimate of drug-likeness (QED) is 0.772. The molecular weight excluding hydrogens is 425 g/mol. The lowest BCUT2D eigenvalue weighted by Gasteiger charge is -2.40. The minimum atomic E-state index is -4.64. The maximum atomic E-state index is 13.2. The van der Waals surface area contributed by atoms with E-state index < -0.39 is 23.7 Å². The van der Waals surface area contributed by atoms with Gasteiger partial charge >= 0.3 is 12.2 Å². The smallest absolute Gasteiger partial charge is 0.378 e. The van der Waals surface area contributed by atoms with E-state index in [1.54, 1.807) is 16.7 Å². The molecule has 1 atom stereocenters. The molecule has 0 spiro atoms. The molecule has 2 saturated heterocycles. The topological polar surface area (TPSA) is 65.1 Å². The molecule has 2 fully saturated rings. The van der Waals surface area contributed by atoms with Gasteiger partial charge in [0.15, 0.2) is 0 Å². The fourth-order valence-corrected chi connectivity index (χ4v) is 3.69. The Bertz CT molecular complexity index is 779. The van der Waals surface area contributed by atoms with Crippen molar-refractivity contribution in [3.63, 3.8) is 0 Å². The fraction of sp³-hybridized carbons (Fsp3) is 0.579. The number of hydrogen-bond donors (Lipinski definition) is 1. The molecule has 2 aliphatic rings. The summed E-state index contributed by atoms with van der Waals surface area (Å²) in [6.07, 6.45) is -4.64. The zero-order valence-electron chi connectivity index (χ0n) is 16.5. The Balaban J connectivity index is 1.57. The van der Waals surface area contributed by atoms with E-state index in [0.717, 1.165) is 12.1 Å². The van der Waals surface area contributed by atoms with Gasteiger partial charge in [-0.25, -0.2) is 4.79 Å². The Morgan fingerprint density at radius 3 is 2.27 bits per heavy atom. The summed E-state index contributed by atoms with van der Waals surface area (Å²) in [5.74, 6) is -0.546. The van der Waals surface area contributed by atoms with Gasteiger partial charge in [-0.15, -0.1) is 0 Å². The van der Waals surface area contributed by atoms with E-state index in [2.05, 4.69) is 5.32 Å². The van der Waals surface area contributed by atoms with Crippen LogP contribution in [0.3, 0.4) is 0 Å². The van der Waals surface area contributed by atoms with Gasteiger partial charge in [0.2, 0.25) is 5.91 Å². The second-order valence-corrected chi connectivity index (χ2v) is 7.69. The number of carbonyl (C=O) groups excluding carboxylic acids is 2. The normalized spacial score (nSPS) is 19.5. The number of alkyl halides is 3. The first-order valence-electron chi connectivity index (χ1n) is 9.70. The highest BCUT2D eigenvalue weighted by atomic mass is 35.5. The molecular formula is C19H24ClF3N4O3. The van der Waals surface area contributed by atoms with Crippen LogP contribution in [0.4, 0.5) is 23.7 Å². The van der Waals surface area contributed by atoms with Crippen molar-refractivity contribution in [2.45, 2.75) is 19.1 Å². The highest BCUT2D eigenvalue weighted by Gasteiger charge is 2.35. The highest BCUT2D eigenvalue weighted by Crippen LogP contribution is 2.36. The lowest BCUT2D eigenvalue weighted by Crippen LogP contribution is -2.57. The lowest BCUT2D eigenvalue weighted by atomic mass is 10.1. The van der Waals surface area contributed by atoms with Crippen LogP contribution in [0.2, 0.25) is 5.02 Å². The van der Waals surface area contributed by atoms with Crippen LogP contribution in [0.5, 0.6) is 0 Å². The van der Waals surface area contributed by atoms with Crippen LogP contribution in [0.25, 0.3) is 0 Å². The number of amides is 3. The number of benzene rings is 1. The Hall–Kier alpha value is -2.04. The number of piperazine rings is 1. The number of anilines is 1. The molecule has 0 bridgehead atoms. The molecule has 7 nitrogen and oxygen atoms in total. The molecule has 0 aliphatic carbocycles. The predicted octanol–water partition coefficient (Wildman–Crippen LogP) is 2.76. The third-order valence-electron chi connectivity index (χ3n) is 5.34. The summed E-state index contributed by atoms with van der Waals surface area (Å²) >= 11 is 5.68. The molecule has 3 rings (SSSR count). The van der Waals surface area contributed by atoms with Gasteiger partial charge in [-0.05, 0) is 25.1 Å². The second kappa shape index (κ2) is 9.40. The molecule has 30 heavy (non-hydrogen) atoms. The largest absolute Gasteiger partial charge is 0.418 e. The summed E-state index contributed by atoms with van der Waals surface area (Å²) in [7, 11) is 0. The third-order valence-corrected chi connectivity index (χ3v) is 5.57. The van der Waals surface area contributed by atoms with E-state index in [-0.39, 0.29) is 16.7 Å². The van der Waals surface area contributed by atoms with E-state index >= 15 is 0 Å². The van der Waals surface area contributed by atoms with Crippen LogP contribution in [-0.4, -0.2) is 85.2 Å².